The molecular formula is C10H18O6-2. The molecule has 1 aliphatic rings. The maximum absolute atomic E-state index is 8.92. The molecule has 1 fully saturated rings. The van der Waals surface area contributed by atoms with E-state index in [0.717, 1.165) is 39.5 Å². The van der Waals surface area contributed by atoms with E-state index in [1.54, 1.807) is 0 Å². The maximum atomic E-state index is 8.92. The lowest BCUT2D eigenvalue weighted by Crippen LogP contribution is -2.21. The van der Waals surface area contributed by atoms with Crippen molar-refractivity contribution in [2.24, 2.45) is 0 Å². The van der Waals surface area contributed by atoms with Gasteiger partial charge in [0.1, 0.15) is 0 Å². The van der Waals surface area contributed by atoms with Crippen LogP contribution in [0.1, 0.15) is 39.5 Å². The number of aliphatic hydroxyl groups is 2. The van der Waals surface area contributed by atoms with Crippen LogP contribution in [0.4, 0.5) is 0 Å². The molecule has 16 heavy (non-hydrogen) atoms. The highest BCUT2D eigenvalue weighted by atomic mass is 16.4. The highest BCUT2D eigenvalue weighted by molar-refractivity contribution is 5.60. The maximum Gasteiger partial charge on any atom is 0.0542 e. The fraction of sp³-hybridized carbons (Fsp3) is 0.800. The molecule has 1 saturated carbocycles. The van der Waals surface area contributed by atoms with Gasteiger partial charge in [0.2, 0.25) is 0 Å². The number of rotatable bonds is 0. The Labute approximate surface area is 94.5 Å². The zero-order valence-corrected chi connectivity index (χ0v) is 9.51. The van der Waals surface area contributed by atoms with Gasteiger partial charge >= 0.3 is 0 Å². The quantitative estimate of drug-likeness (QED) is 0.490. The second kappa shape index (κ2) is 10.4. The summed E-state index contributed by atoms with van der Waals surface area (Å²) in [7, 11) is 0. The zero-order chi connectivity index (χ0) is 13.1. The molecule has 0 spiro atoms. The second-order valence-electron chi connectivity index (χ2n) is 3.45. The summed E-state index contributed by atoms with van der Waals surface area (Å²) in [6.45, 7) is 1.94. The number of aliphatic hydroxyl groups excluding tert-OH is 2. The Morgan fingerprint density at radius 2 is 1.00 bits per heavy atom. The summed E-state index contributed by atoms with van der Waals surface area (Å²) in [5, 5.41) is 35.6. The minimum Gasteiger partial charge on any atom is -0.550 e. The molecule has 0 atom stereocenters. The molecule has 96 valence electrons. The van der Waals surface area contributed by atoms with Crippen molar-refractivity contribution in [2.45, 2.75) is 51.7 Å². The molecule has 6 nitrogen and oxygen atoms in total. The van der Waals surface area contributed by atoms with Crippen LogP contribution in [0.25, 0.3) is 0 Å². The minimum atomic E-state index is -1.08. The summed E-state index contributed by atoms with van der Waals surface area (Å²) in [5.74, 6) is -2.17. The molecule has 0 heterocycles. The van der Waals surface area contributed by atoms with E-state index in [9.17, 15) is 0 Å². The Balaban J connectivity index is 0. The molecule has 6 heteroatoms. The lowest BCUT2D eigenvalue weighted by Gasteiger charge is -2.20. The highest BCUT2D eigenvalue weighted by Gasteiger charge is 2.15. The summed E-state index contributed by atoms with van der Waals surface area (Å²) in [4.78, 5) is 17.8. The number of carboxylic acids is 2. The van der Waals surface area contributed by atoms with Crippen LogP contribution in [-0.2, 0) is 9.59 Å². The number of carboxylic acid groups (broad SMARTS) is 2. The van der Waals surface area contributed by atoms with Crippen molar-refractivity contribution < 1.29 is 30.0 Å². The van der Waals surface area contributed by atoms with E-state index in [-0.39, 0.29) is 12.2 Å². The monoisotopic (exact) mass is 234 g/mol. The summed E-state index contributed by atoms with van der Waals surface area (Å²) >= 11 is 0. The third-order valence-corrected chi connectivity index (χ3v) is 1.67. The van der Waals surface area contributed by atoms with Gasteiger partial charge in [0, 0.05) is 11.9 Å². The van der Waals surface area contributed by atoms with Gasteiger partial charge in [0.05, 0.1) is 12.2 Å². The van der Waals surface area contributed by atoms with Crippen molar-refractivity contribution in [3.63, 3.8) is 0 Å². The van der Waals surface area contributed by atoms with Crippen LogP contribution in [0.15, 0.2) is 0 Å². The highest BCUT2D eigenvalue weighted by Crippen LogP contribution is 2.17. The lowest BCUT2D eigenvalue weighted by molar-refractivity contribution is -0.303. The molecule has 0 saturated heterocycles. The summed E-state index contributed by atoms with van der Waals surface area (Å²) in [5.41, 5.74) is 0. The predicted octanol–water partition coefficient (Wildman–Crippen LogP) is -2.21. The zero-order valence-electron chi connectivity index (χ0n) is 9.51. The van der Waals surface area contributed by atoms with Gasteiger partial charge in [-0.25, -0.2) is 0 Å². The number of aliphatic carboxylic acids is 2. The van der Waals surface area contributed by atoms with Gasteiger partial charge in [-0.05, 0) is 39.5 Å². The molecular weight excluding hydrogens is 216 g/mol. The van der Waals surface area contributed by atoms with Crippen molar-refractivity contribution in [2.75, 3.05) is 0 Å². The average molecular weight is 234 g/mol. The molecule has 0 amide bonds. The Morgan fingerprint density at radius 3 is 1.12 bits per heavy atom. The molecule has 1 aliphatic carbocycles. The van der Waals surface area contributed by atoms with Crippen LogP contribution in [0.5, 0.6) is 0 Å². The molecule has 0 aromatic rings. The molecule has 0 radical (unpaired) electrons. The van der Waals surface area contributed by atoms with Crippen molar-refractivity contribution in [1.29, 1.82) is 0 Å². The van der Waals surface area contributed by atoms with E-state index in [4.69, 9.17) is 30.0 Å². The van der Waals surface area contributed by atoms with Gasteiger partial charge in [-0.15, -0.1) is 0 Å². The minimum absolute atomic E-state index is 0.140. The van der Waals surface area contributed by atoms with E-state index < -0.39 is 11.9 Å². The van der Waals surface area contributed by atoms with Gasteiger partial charge in [-0.2, -0.15) is 0 Å². The molecule has 2 N–H and O–H groups in total. The molecule has 1 rings (SSSR count). The third kappa shape index (κ3) is 23.0. The first-order chi connectivity index (χ1) is 7.25. The van der Waals surface area contributed by atoms with Crippen molar-refractivity contribution in [3.05, 3.63) is 0 Å². The van der Waals surface area contributed by atoms with Gasteiger partial charge < -0.3 is 30.0 Å². The number of hydrogen-bond donors (Lipinski definition) is 2. The van der Waals surface area contributed by atoms with E-state index in [0.29, 0.717) is 0 Å². The van der Waals surface area contributed by atoms with Crippen molar-refractivity contribution >= 4 is 11.9 Å². The Kier molecular flexibility index (Phi) is 11.2. The van der Waals surface area contributed by atoms with E-state index in [1.807, 2.05) is 0 Å². The van der Waals surface area contributed by atoms with E-state index in [1.165, 1.54) is 0 Å². The van der Waals surface area contributed by atoms with Crippen LogP contribution in [-0.4, -0.2) is 34.4 Å². The molecule has 0 aliphatic heterocycles. The Morgan fingerprint density at radius 1 is 0.875 bits per heavy atom. The molecule has 0 unspecified atom stereocenters. The lowest BCUT2D eigenvalue weighted by atomic mass is 9.95. The van der Waals surface area contributed by atoms with Gasteiger partial charge in [-0.3, -0.25) is 0 Å². The number of carbonyl (C=O) groups excluding carboxylic acids is 2. The SMILES string of the molecule is CC(=O)[O-].CC(=O)[O-].OC1CCC(O)CC1. The number of hydrogen-bond acceptors (Lipinski definition) is 6. The van der Waals surface area contributed by atoms with Crippen LogP contribution >= 0.6 is 0 Å². The van der Waals surface area contributed by atoms with Gasteiger partial charge in [-0.1, -0.05) is 0 Å². The standard InChI is InChI=1S/C6H12O2.2C2H4O2/c7-5-1-2-6(8)4-3-5;2*1-2(3)4/h5-8H,1-4H2;2*1H3,(H,3,4)/p-2. The topological polar surface area (TPSA) is 121 Å². The first kappa shape index (κ1) is 17.3. The smallest absolute Gasteiger partial charge is 0.0542 e. The van der Waals surface area contributed by atoms with Gasteiger partial charge in [0.15, 0.2) is 0 Å². The largest absolute Gasteiger partial charge is 0.550 e. The summed E-state index contributed by atoms with van der Waals surface area (Å²) in [6.07, 6.45) is 2.83. The van der Waals surface area contributed by atoms with Crippen molar-refractivity contribution in [1.82, 2.24) is 0 Å². The predicted molar refractivity (Wildman–Crippen MR) is 51.8 cm³/mol. The van der Waals surface area contributed by atoms with Crippen LogP contribution in [0.2, 0.25) is 0 Å². The van der Waals surface area contributed by atoms with Gasteiger partial charge in [0.25, 0.3) is 0 Å². The first-order valence-corrected chi connectivity index (χ1v) is 4.97. The molecule has 0 bridgehead atoms. The Hall–Kier alpha value is -1.14. The van der Waals surface area contributed by atoms with E-state index >= 15 is 0 Å². The number of carbonyl (C=O) groups is 2. The summed E-state index contributed by atoms with van der Waals surface area (Å²) in [6, 6.07) is 0. The third-order valence-electron chi connectivity index (χ3n) is 1.67. The van der Waals surface area contributed by atoms with Crippen LogP contribution in [0, 0.1) is 0 Å². The van der Waals surface area contributed by atoms with E-state index in [2.05, 4.69) is 0 Å². The summed E-state index contributed by atoms with van der Waals surface area (Å²) < 4.78 is 0. The average Bonchev–Trinajstić information content (AvgIpc) is 2.08. The van der Waals surface area contributed by atoms with Crippen LogP contribution in [0.3, 0.4) is 0 Å². The Bertz CT molecular complexity index is 165. The van der Waals surface area contributed by atoms with Crippen LogP contribution < -0.4 is 10.2 Å². The second-order valence-corrected chi connectivity index (χ2v) is 3.45. The van der Waals surface area contributed by atoms with Crippen molar-refractivity contribution in [3.8, 4) is 0 Å². The first-order valence-electron chi connectivity index (χ1n) is 4.97. The normalized spacial score (nSPS) is 23.0. The molecule has 0 aromatic carbocycles. The molecule has 0 aromatic heterocycles. The fourth-order valence-corrected chi connectivity index (χ4v) is 1.06. The fourth-order valence-electron chi connectivity index (χ4n) is 1.06.